The van der Waals surface area contributed by atoms with E-state index in [1.807, 2.05) is 6.92 Å². The number of nitrogens with one attached hydrogen (secondary N) is 1. The third-order valence-corrected chi connectivity index (χ3v) is 4.02. The number of ether oxygens (including phenoxy) is 2. The van der Waals surface area contributed by atoms with E-state index in [0.717, 1.165) is 5.56 Å². The molecule has 0 saturated heterocycles. The average Bonchev–Trinajstić information content (AvgIpc) is 2.56. The number of hydrogen-bond acceptors (Lipinski definition) is 3. The van der Waals surface area contributed by atoms with Crippen molar-refractivity contribution in [2.24, 2.45) is 0 Å². The summed E-state index contributed by atoms with van der Waals surface area (Å²) in [6.45, 7) is 2.86. The largest absolute Gasteiger partial charge is 0.496 e. The molecule has 0 aliphatic carbocycles. The summed E-state index contributed by atoms with van der Waals surface area (Å²) in [7, 11) is 1.58. The number of halogens is 2. The van der Waals surface area contributed by atoms with Crippen LogP contribution in [0.4, 0.5) is 5.69 Å². The Hall–Kier alpha value is -1.75. The fraction of sp³-hybridized carbons (Fsp3) is 0.235. The molecule has 0 unspecified atom stereocenters. The van der Waals surface area contributed by atoms with Crippen LogP contribution >= 0.6 is 23.2 Å². The number of anilines is 1. The van der Waals surface area contributed by atoms with Gasteiger partial charge in [0.25, 0.3) is 5.91 Å². The molecule has 0 bridgehead atoms. The molecule has 23 heavy (non-hydrogen) atoms. The van der Waals surface area contributed by atoms with Gasteiger partial charge in [0.15, 0.2) is 0 Å². The Balaban J connectivity index is 2.23. The second-order valence-corrected chi connectivity index (χ2v) is 5.50. The van der Waals surface area contributed by atoms with Gasteiger partial charge in [-0.05, 0) is 37.3 Å². The average molecular weight is 354 g/mol. The summed E-state index contributed by atoms with van der Waals surface area (Å²) in [5.74, 6) is 0.394. The van der Waals surface area contributed by atoms with Gasteiger partial charge in [-0.3, -0.25) is 4.79 Å². The van der Waals surface area contributed by atoms with Gasteiger partial charge in [0, 0.05) is 17.7 Å². The van der Waals surface area contributed by atoms with Crippen molar-refractivity contribution >= 4 is 34.8 Å². The topological polar surface area (TPSA) is 47.6 Å². The molecule has 0 aliphatic rings. The predicted octanol–water partition coefficient (Wildman–Crippen LogP) is 4.79. The second-order valence-electron chi connectivity index (χ2n) is 4.72. The molecule has 1 amide bonds. The van der Waals surface area contributed by atoms with Gasteiger partial charge >= 0.3 is 0 Å². The molecule has 2 rings (SSSR count). The van der Waals surface area contributed by atoms with Crippen LogP contribution < -0.4 is 10.1 Å². The molecular formula is C17H17Cl2NO3. The molecule has 0 atom stereocenters. The minimum atomic E-state index is -0.283. The van der Waals surface area contributed by atoms with E-state index in [9.17, 15) is 4.79 Å². The highest BCUT2D eigenvalue weighted by atomic mass is 35.5. The summed E-state index contributed by atoms with van der Waals surface area (Å²) in [5, 5.41) is 3.45. The maximum Gasteiger partial charge on any atom is 0.255 e. The van der Waals surface area contributed by atoms with Gasteiger partial charge < -0.3 is 14.8 Å². The van der Waals surface area contributed by atoms with E-state index in [0.29, 0.717) is 40.3 Å². The third-order valence-electron chi connectivity index (χ3n) is 3.20. The smallest absolute Gasteiger partial charge is 0.255 e. The SMILES string of the molecule is CCOCc1cc(C(=O)Nc2cccc(Cl)c2Cl)ccc1OC. The van der Waals surface area contributed by atoms with Gasteiger partial charge in [-0.15, -0.1) is 0 Å². The van der Waals surface area contributed by atoms with Gasteiger partial charge in [-0.2, -0.15) is 0 Å². The Morgan fingerprint density at radius 2 is 2.00 bits per heavy atom. The van der Waals surface area contributed by atoms with Crippen molar-refractivity contribution in [3.8, 4) is 5.75 Å². The van der Waals surface area contributed by atoms with Crippen LogP contribution in [0.15, 0.2) is 36.4 Å². The Kier molecular flexibility index (Phi) is 6.28. The molecule has 0 heterocycles. The van der Waals surface area contributed by atoms with E-state index in [1.54, 1.807) is 43.5 Å². The van der Waals surface area contributed by atoms with Gasteiger partial charge in [-0.1, -0.05) is 29.3 Å². The lowest BCUT2D eigenvalue weighted by Gasteiger charge is -2.12. The van der Waals surface area contributed by atoms with Crippen LogP contribution in [0.2, 0.25) is 10.0 Å². The lowest BCUT2D eigenvalue weighted by atomic mass is 10.1. The molecule has 122 valence electrons. The molecule has 1 N–H and O–H groups in total. The summed E-state index contributed by atoms with van der Waals surface area (Å²) >= 11 is 12.0. The highest BCUT2D eigenvalue weighted by Gasteiger charge is 2.13. The highest BCUT2D eigenvalue weighted by Crippen LogP contribution is 2.30. The first kappa shape index (κ1) is 17.6. The number of amides is 1. The van der Waals surface area contributed by atoms with Crippen molar-refractivity contribution in [2.75, 3.05) is 19.0 Å². The van der Waals surface area contributed by atoms with E-state index < -0.39 is 0 Å². The highest BCUT2D eigenvalue weighted by molar-refractivity contribution is 6.44. The maximum atomic E-state index is 12.4. The van der Waals surface area contributed by atoms with E-state index in [-0.39, 0.29) is 5.91 Å². The van der Waals surface area contributed by atoms with Gasteiger partial charge in [0.1, 0.15) is 5.75 Å². The molecule has 0 radical (unpaired) electrons. The number of hydrogen-bond donors (Lipinski definition) is 1. The van der Waals surface area contributed by atoms with E-state index >= 15 is 0 Å². The zero-order chi connectivity index (χ0) is 16.8. The molecular weight excluding hydrogens is 337 g/mol. The number of methoxy groups -OCH3 is 1. The summed E-state index contributed by atoms with van der Waals surface area (Å²) in [5.41, 5.74) is 1.75. The van der Waals surface area contributed by atoms with Crippen molar-refractivity contribution in [1.29, 1.82) is 0 Å². The standard InChI is InChI=1S/C17H17Cl2NO3/c1-3-23-10-12-9-11(7-8-15(12)22-2)17(21)20-14-6-4-5-13(18)16(14)19/h4-9H,3,10H2,1-2H3,(H,20,21). The summed E-state index contributed by atoms with van der Waals surface area (Å²) in [6.07, 6.45) is 0. The van der Waals surface area contributed by atoms with Crippen molar-refractivity contribution in [3.05, 3.63) is 57.6 Å². The van der Waals surface area contributed by atoms with Gasteiger partial charge in [-0.25, -0.2) is 0 Å². The summed E-state index contributed by atoms with van der Waals surface area (Å²) in [6, 6.07) is 10.2. The molecule has 2 aromatic carbocycles. The summed E-state index contributed by atoms with van der Waals surface area (Å²) < 4.78 is 10.7. The van der Waals surface area contributed by atoms with Crippen molar-refractivity contribution in [2.45, 2.75) is 13.5 Å². The Morgan fingerprint density at radius 3 is 2.70 bits per heavy atom. The predicted molar refractivity (Wildman–Crippen MR) is 92.7 cm³/mol. The molecule has 4 nitrogen and oxygen atoms in total. The number of benzene rings is 2. The molecule has 0 saturated carbocycles. The second kappa shape index (κ2) is 8.20. The van der Waals surface area contributed by atoms with Crippen LogP contribution in [0.25, 0.3) is 0 Å². The van der Waals surface area contributed by atoms with Crippen LogP contribution in [0.5, 0.6) is 5.75 Å². The lowest BCUT2D eigenvalue weighted by molar-refractivity contribution is 0.102. The first-order valence-electron chi connectivity index (χ1n) is 7.06. The fourth-order valence-corrected chi connectivity index (χ4v) is 2.39. The first-order valence-corrected chi connectivity index (χ1v) is 7.82. The van der Waals surface area contributed by atoms with E-state index in [4.69, 9.17) is 32.7 Å². The Labute approximate surface area is 145 Å². The quantitative estimate of drug-likeness (QED) is 0.811. The normalized spacial score (nSPS) is 10.4. The van der Waals surface area contributed by atoms with Crippen LogP contribution in [0, 0.1) is 0 Å². The molecule has 6 heteroatoms. The number of rotatable bonds is 6. The molecule has 0 fully saturated rings. The van der Waals surface area contributed by atoms with Crippen LogP contribution in [0.3, 0.4) is 0 Å². The Morgan fingerprint density at radius 1 is 1.22 bits per heavy atom. The van der Waals surface area contributed by atoms with Crippen LogP contribution in [0.1, 0.15) is 22.8 Å². The molecule has 0 aromatic heterocycles. The summed E-state index contributed by atoms with van der Waals surface area (Å²) in [4.78, 5) is 12.4. The monoisotopic (exact) mass is 353 g/mol. The van der Waals surface area contributed by atoms with Crippen LogP contribution in [-0.4, -0.2) is 19.6 Å². The maximum absolute atomic E-state index is 12.4. The minimum absolute atomic E-state index is 0.283. The van der Waals surface area contributed by atoms with Crippen molar-refractivity contribution in [3.63, 3.8) is 0 Å². The zero-order valence-electron chi connectivity index (χ0n) is 12.9. The van der Waals surface area contributed by atoms with Crippen LogP contribution in [-0.2, 0) is 11.3 Å². The first-order chi connectivity index (χ1) is 11.1. The molecule has 2 aromatic rings. The van der Waals surface area contributed by atoms with Crippen molar-refractivity contribution < 1.29 is 14.3 Å². The van der Waals surface area contributed by atoms with E-state index in [2.05, 4.69) is 5.32 Å². The minimum Gasteiger partial charge on any atom is -0.496 e. The number of carbonyl (C=O) groups excluding carboxylic acids is 1. The fourth-order valence-electron chi connectivity index (χ4n) is 2.04. The molecule has 0 spiro atoms. The zero-order valence-corrected chi connectivity index (χ0v) is 14.4. The van der Waals surface area contributed by atoms with Gasteiger partial charge in [0.2, 0.25) is 0 Å². The van der Waals surface area contributed by atoms with Gasteiger partial charge in [0.05, 0.1) is 29.4 Å². The number of carbonyl (C=O) groups is 1. The Bertz CT molecular complexity index is 704. The van der Waals surface area contributed by atoms with E-state index in [1.165, 1.54) is 0 Å². The van der Waals surface area contributed by atoms with Crippen molar-refractivity contribution in [1.82, 2.24) is 0 Å². The lowest BCUT2D eigenvalue weighted by Crippen LogP contribution is -2.13. The third kappa shape index (κ3) is 4.38. The molecule has 0 aliphatic heterocycles.